The Hall–Kier alpha value is -2.41. The van der Waals surface area contributed by atoms with Crippen molar-refractivity contribution >= 4 is 17.6 Å². The van der Waals surface area contributed by atoms with Gasteiger partial charge in [0, 0.05) is 17.2 Å². The zero-order valence-electron chi connectivity index (χ0n) is 13.7. The number of carbonyl (C=O) groups is 2. The van der Waals surface area contributed by atoms with Crippen LogP contribution in [0.5, 0.6) is 0 Å². The summed E-state index contributed by atoms with van der Waals surface area (Å²) in [5, 5.41) is 12.9. The fourth-order valence-corrected chi connectivity index (χ4v) is 2.91. The molecule has 7 N–H and O–H groups in total. The molecule has 0 spiro atoms. The predicted octanol–water partition coefficient (Wildman–Crippen LogP) is 0.334. The van der Waals surface area contributed by atoms with E-state index in [1.54, 1.807) is 18.2 Å². The van der Waals surface area contributed by atoms with E-state index in [4.69, 9.17) is 16.9 Å². The molecule has 24 heavy (non-hydrogen) atoms. The van der Waals surface area contributed by atoms with Gasteiger partial charge < -0.3 is 22.1 Å². The number of rotatable bonds is 6. The Morgan fingerprint density at radius 2 is 1.83 bits per heavy atom. The molecule has 0 saturated heterocycles. The minimum absolute atomic E-state index is 0.0695. The summed E-state index contributed by atoms with van der Waals surface area (Å²) in [4.78, 5) is 24.1. The average molecular weight is 331 g/mol. The Labute approximate surface area is 141 Å². The zero-order valence-corrected chi connectivity index (χ0v) is 13.7. The van der Waals surface area contributed by atoms with E-state index in [0.717, 1.165) is 25.7 Å². The summed E-state index contributed by atoms with van der Waals surface area (Å²) in [5.41, 5.74) is 11.9. The van der Waals surface area contributed by atoms with E-state index in [1.807, 2.05) is 0 Å². The zero-order chi connectivity index (χ0) is 17.5. The number of carbonyl (C=O) groups excluding carboxylic acids is 2. The van der Waals surface area contributed by atoms with Crippen LogP contribution in [0.2, 0.25) is 0 Å². The van der Waals surface area contributed by atoms with E-state index in [0.29, 0.717) is 23.6 Å². The monoisotopic (exact) mass is 331 g/mol. The Kier molecular flexibility index (Phi) is 6.31. The van der Waals surface area contributed by atoms with Crippen LogP contribution in [0, 0.1) is 11.3 Å². The Morgan fingerprint density at radius 1 is 1.17 bits per heavy atom. The number of hydrogen-bond acceptors (Lipinski definition) is 4. The minimum Gasteiger partial charge on any atom is -0.384 e. The van der Waals surface area contributed by atoms with Gasteiger partial charge in [0.2, 0.25) is 5.91 Å². The summed E-state index contributed by atoms with van der Waals surface area (Å²) in [5.74, 6) is -0.0933. The molecule has 0 unspecified atom stereocenters. The molecule has 2 amide bonds. The van der Waals surface area contributed by atoms with E-state index in [9.17, 15) is 9.59 Å². The van der Waals surface area contributed by atoms with Crippen LogP contribution in [0.4, 0.5) is 0 Å². The number of amides is 2. The lowest BCUT2D eigenvalue weighted by atomic mass is 9.86. The molecular weight excluding hydrogens is 306 g/mol. The van der Waals surface area contributed by atoms with Crippen LogP contribution in [0.1, 0.15) is 41.6 Å². The van der Waals surface area contributed by atoms with Crippen molar-refractivity contribution in [3.8, 4) is 0 Å². The molecule has 1 aliphatic rings. The number of nitrogen functional groups attached to an aromatic ring is 1. The molecule has 7 nitrogen and oxygen atoms in total. The van der Waals surface area contributed by atoms with Crippen molar-refractivity contribution in [1.82, 2.24) is 10.6 Å². The van der Waals surface area contributed by atoms with Crippen LogP contribution in [-0.4, -0.2) is 36.8 Å². The second-order valence-electron chi connectivity index (χ2n) is 6.20. The smallest absolute Gasteiger partial charge is 0.251 e. The highest BCUT2D eigenvalue weighted by Crippen LogP contribution is 2.23. The molecular formula is C17H25N5O2. The van der Waals surface area contributed by atoms with Crippen LogP contribution < -0.4 is 22.1 Å². The van der Waals surface area contributed by atoms with Crippen LogP contribution in [-0.2, 0) is 4.79 Å². The Morgan fingerprint density at radius 3 is 2.46 bits per heavy atom. The molecule has 1 fully saturated rings. The number of benzene rings is 1. The third-order valence-corrected chi connectivity index (χ3v) is 4.39. The van der Waals surface area contributed by atoms with Gasteiger partial charge in [-0.2, -0.15) is 0 Å². The van der Waals surface area contributed by atoms with Crippen molar-refractivity contribution < 1.29 is 9.59 Å². The second-order valence-corrected chi connectivity index (χ2v) is 6.20. The Balaban J connectivity index is 1.78. The lowest BCUT2D eigenvalue weighted by molar-refractivity contribution is -0.121. The van der Waals surface area contributed by atoms with Gasteiger partial charge in [-0.3, -0.25) is 15.0 Å². The summed E-state index contributed by atoms with van der Waals surface area (Å²) in [6.45, 7) is 0.635. The SMILES string of the molecule is N=C(N)c1cccc(C(=O)NCC(=O)NC2CCC(CN)CC2)c1. The van der Waals surface area contributed by atoms with Crippen molar-refractivity contribution in [3.63, 3.8) is 0 Å². The van der Waals surface area contributed by atoms with Crippen LogP contribution in [0.25, 0.3) is 0 Å². The van der Waals surface area contributed by atoms with E-state index in [1.165, 1.54) is 6.07 Å². The minimum atomic E-state index is -0.361. The third kappa shape index (κ3) is 5.06. The van der Waals surface area contributed by atoms with Crippen LogP contribution >= 0.6 is 0 Å². The first-order valence-electron chi connectivity index (χ1n) is 8.21. The molecule has 1 aliphatic carbocycles. The average Bonchev–Trinajstić information content (AvgIpc) is 2.60. The van der Waals surface area contributed by atoms with E-state index in [-0.39, 0.29) is 30.2 Å². The normalized spacial score (nSPS) is 20.2. The lowest BCUT2D eigenvalue weighted by Gasteiger charge is -2.28. The van der Waals surface area contributed by atoms with Crippen LogP contribution in [0.15, 0.2) is 24.3 Å². The summed E-state index contributed by atoms with van der Waals surface area (Å²) < 4.78 is 0. The van der Waals surface area contributed by atoms with Gasteiger partial charge in [0.15, 0.2) is 0 Å². The summed E-state index contributed by atoms with van der Waals surface area (Å²) >= 11 is 0. The van der Waals surface area contributed by atoms with E-state index in [2.05, 4.69) is 10.6 Å². The highest BCUT2D eigenvalue weighted by atomic mass is 16.2. The number of nitrogens with one attached hydrogen (secondary N) is 3. The maximum Gasteiger partial charge on any atom is 0.251 e. The molecule has 0 heterocycles. The van der Waals surface area contributed by atoms with Gasteiger partial charge in [-0.05, 0) is 50.3 Å². The lowest BCUT2D eigenvalue weighted by Crippen LogP contribution is -2.43. The molecule has 0 radical (unpaired) electrons. The fraction of sp³-hybridized carbons (Fsp3) is 0.471. The summed E-state index contributed by atoms with van der Waals surface area (Å²) in [6.07, 6.45) is 3.93. The van der Waals surface area contributed by atoms with Crippen molar-refractivity contribution in [2.45, 2.75) is 31.7 Å². The fourth-order valence-electron chi connectivity index (χ4n) is 2.91. The van der Waals surface area contributed by atoms with Gasteiger partial charge in [-0.25, -0.2) is 0 Å². The predicted molar refractivity (Wildman–Crippen MR) is 92.7 cm³/mol. The summed E-state index contributed by atoms with van der Waals surface area (Å²) in [7, 11) is 0. The summed E-state index contributed by atoms with van der Waals surface area (Å²) in [6, 6.07) is 6.63. The van der Waals surface area contributed by atoms with Crippen molar-refractivity contribution in [3.05, 3.63) is 35.4 Å². The van der Waals surface area contributed by atoms with Crippen molar-refractivity contribution in [1.29, 1.82) is 5.41 Å². The standard InChI is InChI=1S/C17H25N5O2/c18-9-11-4-6-14(7-5-11)22-15(23)10-21-17(24)13-3-1-2-12(8-13)16(19)20/h1-3,8,11,14H,4-7,9-10,18H2,(H3,19,20)(H,21,24)(H,22,23). The third-order valence-electron chi connectivity index (χ3n) is 4.39. The Bertz CT molecular complexity index is 609. The van der Waals surface area contributed by atoms with Gasteiger partial charge in [0.1, 0.15) is 5.84 Å². The quantitative estimate of drug-likeness (QED) is 0.379. The van der Waals surface area contributed by atoms with Gasteiger partial charge in [-0.15, -0.1) is 0 Å². The maximum atomic E-state index is 12.1. The second kappa shape index (κ2) is 8.44. The van der Waals surface area contributed by atoms with Gasteiger partial charge in [0.25, 0.3) is 5.91 Å². The first-order valence-corrected chi connectivity index (χ1v) is 8.21. The highest BCUT2D eigenvalue weighted by Gasteiger charge is 2.21. The maximum absolute atomic E-state index is 12.1. The van der Waals surface area contributed by atoms with Gasteiger partial charge in [-0.1, -0.05) is 12.1 Å². The molecule has 1 aromatic rings. The molecule has 0 aliphatic heterocycles. The van der Waals surface area contributed by atoms with Gasteiger partial charge >= 0.3 is 0 Å². The molecule has 2 rings (SSSR count). The van der Waals surface area contributed by atoms with Crippen molar-refractivity contribution in [2.24, 2.45) is 17.4 Å². The number of nitrogens with two attached hydrogens (primary N) is 2. The number of hydrogen-bond donors (Lipinski definition) is 5. The largest absolute Gasteiger partial charge is 0.384 e. The van der Waals surface area contributed by atoms with E-state index >= 15 is 0 Å². The first-order chi connectivity index (χ1) is 11.5. The molecule has 1 saturated carbocycles. The molecule has 0 aromatic heterocycles. The van der Waals surface area contributed by atoms with Gasteiger partial charge in [0.05, 0.1) is 6.54 Å². The molecule has 0 atom stereocenters. The number of amidine groups is 1. The molecule has 1 aromatic carbocycles. The van der Waals surface area contributed by atoms with E-state index < -0.39 is 0 Å². The first kappa shape index (κ1) is 17.9. The van der Waals surface area contributed by atoms with Crippen LogP contribution in [0.3, 0.4) is 0 Å². The topological polar surface area (TPSA) is 134 Å². The molecule has 7 heteroatoms. The molecule has 130 valence electrons. The van der Waals surface area contributed by atoms with Crippen molar-refractivity contribution in [2.75, 3.05) is 13.1 Å². The highest BCUT2D eigenvalue weighted by molar-refractivity contribution is 6.00. The molecule has 0 bridgehead atoms.